The summed E-state index contributed by atoms with van der Waals surface area (Å²) in [5, 5.41) is 7.34. The number of ether oxygens (including phenoxy) is 2. The second-order valence-electron chi connectivity index (χ2n) is 4.47. The van der Waals surface area contributed by atoms with Gasteiger partial charge in [-0.05, 0) is 24.6 Å². The maximum Gasteiger partial charge on any atom is 0.323 e. The van der Waals surface area contributed by atoms with E-state index >= 15 is 0 Å². The van der Waals surface area contributed by atoms with Crippen molar-refractivity contribution in [2.24, 2.45) is 0 Å². The third-order valence-corrected chi connectivity index (χ3v) is 5.18. The molecule has 0 spiro atoms. The first-order valence-electron chi connectivity index (χ1n) is 6.13. The maximum atomic E-state index is 12.0. The summed E-state index contributed by atoms with van der Waals surface area (Å²) in [6.45, 7) is 1.18. The van der Waals surface area contributed by atoms with E-state index in [4.69, 9.17) is 14.6 Å². The Hall–Kier alpha value is -1.80. The van der Waals surface area contributed by atoms with E-state index in [-0.39, 0.29) is 6.54 Å². The van der Waals surface area contributed by atoms with Crippen LogP contribution in [-0.4, -0.2) is 50.3 Å². The second kappa shape index (κ2) is 6.77. The van der Waals surface area contributed by atoms with Crippen LogP contribution in [0.4, 0.5) is 0 Å². The summed E-state index contributed by atoms with van der Waals surface area (Å²) in [6.07, 6.45) is 0. The predicted molar refractivity (Wildman–Crippen MR) is 77.0 cm³/mol. The van der Waals surface area contributed by atoms with Crippen LogP contribution in [0.25, 0.3) is 0 Å². The lowest BCUT2D eigenvalue weighted by molar-refractivity contribution is -0.136. The van der Waals surface area contributed by atoms with Crippen molar-refractivity contribution < 1.29 is 27.8 Å². The van der Waals surface area contributed by atoms with Crippen molar-refractivity contribution in [2.75, 3.05) is 21.3 Å². The molecule has 1 N–H and O–H groups in total. The van der Waals surface area contributed by atoms with Crippen molar-refractivity contribution in [1.82, 2.24) is 4.31 Å². The minimum Gasteiger partial charge on any atom is -0.493 e. The minimum absolute atomic E-state index is 0.0420. The molecule has 0 heterocycles. The molecule has 0 amide bonds. The summed E-state index contributed by atoms with van der Waals surface area (Å²) in [6, 6.07) is 5.00. The standard InChI is InChI=1S/C13H19NO6S/c1-9(13(15)16)21(17,18)14(2)8-10-5-6-11(19-3)12(7-10)20-4/h5-7,9H,8H2,1-4H3,(H,15,16). The van der Waals surface area contributed by atoms with Crippen molar-refractivity contribution in [1.29, 1.82) is 0 Å². The Labute approximate surface area is 124 Å². The highest BCUT2D eigenvalue weighted by molar-refractivity contribution is 7.90. The Morgan fingerprint density at radius 3 is 2.33 bits per heavy atom. The topological polar surface area (TPSA) is 93.1 Å². The van der Waals surface area contributed by atoms with Crippen LogP contribution in [-0.2, 0) is 21.4 Å². The molecular weight excluding hydrogens is 298 g/mol. The molecule has 0 bridgehead atoms. The molecule has 0 aliphatic rings. The smallest absolute Gasteiger partial charge is 0.323 e. The zero-order valence-corrected chi connectivity index (χ0v) is 13.2. The maximum absolute atomic E-state index is 12.0. The molecule has 0 saturated carbocycles. The molecular formula is C13H19NO6S. The van der Waals surface area contributed by atoms with Crippen LogP contribution in [0.5, 0.6) is 11.5 Å². The number of hydrogen-bond donors (Lipinski definition) is 1. The lowest BCUT2D eigenvalue weighted by atomic mass is 10.2. The van der Waals surface area contributed by atoms with Crippen molar-refractivity contribution >= 4 is 16.0 Å². The van der Waals surface area contributed by atoms with Gasteiger partial charge in [-0.25, -0.2) is 8.42 Å². The summed E-state index contributed by atoms with van der Waals surface area (Å²) in [7, 11) is 0.412. The van der Waals surface area contributed by atoms with E-state index in [2.05, 4.69) is 0 Å². The molecule has 1 aromatic carbocycles. The van der Waals surface area contributed by atoms with Crippen LogP contribution in [0.2, 0.25) is 0 Å². The summed E-state index contributed by atoms with van der Waals surface area (Å²) >= 11 is 0. The highest BCUT2D eigenvalue weighted by Gasteiger charge is 2.31. The first-order chi connectivity index (χ1) is 9.73. The number of benzene rings is 1. The molecule has 0 aliphatic heterocycles. The highest BCUT2D eigenvalue weighted by atomic mass is 32.2. The number of sulfonamides is 1. The monoisotopic (exact) mass is 317 g/mol. The van der Waals surface area contributed by atoms with Gasteiger partial charge in [0.25, 0.3) is 0 Å². The number of nitrogens with zero attached hydrogens (tertiary/aromatic N) is 1. The number of hydrogen-bond acceptors (Lipinski definition) is 5. The van der Waals surface area contributed by atoms with Gasteiger partial charge >= 0.3 is 5.97 Å². The molecule has 7 nitrogen and oxygen atoms in total. The van der Waals surface area contributed by atoms with Crippen LogP contribution in [0, 0.1) is 0 Å². The van der Waals surface area contributed by atoms with Crippen LogP contribution in [0.1, 0.15) is 12.5 Å². The molecule has 0 radical (unpaired) electrons. The minimum atomic E-state index is -3.91. The van der Waals surface area contributed by atoms with Crippen LogP contribution in [0.3, 0.4) is 0 Å². The predicted octanol–water partition coefficient (Wildman–Crippen LogP) is 0.938. The van der Waals surface area contributed by atoms with E-state index in [1.165, 1.54) is 21.3 Å². The lowest BCUT2D eigenvalue weighted by Gasteiger charge is -2.20. The number of carbonyl (C=O) groups is 1. The van der Waals surface area contributed by atoms with Crippen molar-refractivity contribution in [3.05, 3.63) is 23.8 Å². The fraction of sp³-hybridized carbons (Fsp3) is 0.462. The Bertz CT molecular complexity index is 613. The molecule has 0 aliphatic carbocycles. The zero-order chi connectivity index (χ0) is 16.2. The molecule has 118 valence electrons. The van der Waals surface area contributed by atoms with Crippen molar-refractivity contribution in [2.45, 2.75) is 18.7 Å². The van der Waals surface area contributed by atoms with Crippen molar-refractivity contribution in [3.63, 3.8) is 0 Å². The zero-order valence-electron chi connectivity index (χ0n) is 12.4. The molecule has 8 heteroatoms. The number of carboxylic acids is 1. The fourth-order valence-electron chi connectivity index (χ4n) is 1.72. The van der Waals surface area contributed by atoms with Gasteiger partial charge in [0.2, 0.25) is 10.0 Å². The molecule has 0 saturated heterocycles. The summed E-state index contributed by atoms with van der Waals surface area (Å²) in [5.41, 5.74) is 0.663. The number of methoxy groups -OCH3 is 2. The van der Waals surface area contributed by atoms with Gasteiger partial charge in [-0.3, -0.25) is 4.79 Å². The third-order valence-electron chi connectivity index (χ3n) is 3.08. The SMILES string of the molecule is COc1ccc(CN(C)S(=O)(=O)C(C)C(=O)O)cc1OC. The highest BCUT2D eigenvalue weighted by Crippen LogP contribution is 2.28. The normalized spacial score (nSPS) is 13.0. The Morgan fingerprint density at radius 1 is 1.29 bits per heavy atom. The summed E-state index contributed by atoms with van der Waals surface area (Å²) in [5.74, 6) is -0.369. The number of carboxylic acid groups (broad SMARTS) is 1. The van der Waals surface area contributed by atoms with E-state index in [9.17, 15) is 13.2 Å². The summed E-state index contributed by atoms with van der Waals surface area (Å²) in [4.78, 5) is 10.8. The number of aliphatic carboxylic acids is 1. The van der Waals surface area contributed by atoms with E-state index in [0.29, 0.717) is 17.1 Å². The third kappa shape index (κ3) is 3.85. The Morgan fingerprint density at radius 2 is 1.86 bits per heavy atom. The summed E-state index contributed by atoms with van der Waals surface area (Å²) < 4.78 is 35.3. The second-order valence-corrected chi connectivity index (χ2v) is 6.83. The molecule has 1 rings (SSSR count). The Balaban J connectivity index is 2.98. The van der Waals surface area contributed by atoms with Crippen LogP contribution < -0.4 is 9.47 Å². The van der Waals surface area contributed by atoms with Gasteiger partial charge in [0.15, 0.2) is 16.7 Å². The molecule has 1 unspecified atom stereocenters. The molecule has 1 atom stereocenters. The first kappa shape index (κ1) is 17.3. The lowest BCUT2D eigenvalue weighted by Crippen LogP contribution is -2.38. The van der Waals surface area contributed by atoms with Crippen LogP contribution in [0.15, 0.2) is 18.2 Å². The van der Waals surface area contributed by atoms with Gasteiger partial charge in [-0.2, -0.15) is 4.31 Å². The average Bonchev–Trinajstić information content (AvgIpc) is 2.45. The van der Waals surface area contributed by atoms with E-state index in [1.807, 2.05) is 0 Å². The largest absolute Gasteiger partial charge is 0.493 e. The van der Waals surface area contributed by atoms with E-state index in [0.717, 1.165) is 11.2 Å². The van der Waals surface area contributed by atoms with E-state index < -0.39 is 21.2 Å². The van der Waals surface area contributed by atoms with E-state index in [1.54, 1.807) is 18.2 Å². The van der Waals surface area contributed by atoms with Gasteiger partial charge in [0.1, 0.15) is 0 Å². The van der Waals surface area contributed by atoms with Crippen molar-refractivity contribution in [3.8, 4) is 11.5 Å². The van der Waals surface area contributed by atoms with Gasteiger partial charge in [-0.1, -0.05) is 6.07 Å². The Kier molecular flexibility index (Phi) is 5.56. The van der Waals surface area contributed by atoms with Gasteiger partial charge in [-0.15, -0.1) is 0 Å². The fourth-order valence-corrected chi connectivity index (χ4v) is 2.85. The molecule has 0 aromatic heterocycles. The molecule has 21 heavy (non-hydrogen) atoms. The average molecular weight is 317 g/mol. The van der Waals surface area contributed by atoms with Gasteiger partial charge < -0.3 is 14.6 Å². The molecule has 0 fully saturated rings. The van der Waals surface area contributed by atoms with Gasteiger partial charge in [0.05, 0.1) is 14.2 Å². The first-order valence-corrected chi connectivity index (χ1v) is 7.63. The number of rotatable bonds is 7. The molecule has 1 aromatic rings. The van der Waals surface area contributed by atoms with Gasteiger partial charge in [0, 0.05) is 13.6 Å². The quantitative estimate of drug-likeness (QED) is 0.804. The van der Waals surface area contributed by atoms with Crippen LogP contribution >= 0.6 is 0 Å².